The third-order valence-corrected chi connectivity index (χ3v) is 12.3. The Bertz CT molecular complexity index is 3240. The van der Waals surface area contributed by atoms with Crippen molar-refractivity contribution in [2.24, 2.45) is 0 Å². The molecule has 0 spiro atoms. The first-order chi connectivity index (χ1) is 27.7. The van der Waals surface area contributed by atoms with Crippen molar-refractivity contribution in [2.75, 3.05) is 4.90 Å². The number of hydrogen-bond donors (Lipinski definition) is 0. The molecule has 56 heavy (non-hydrogen) atoms. The van der Waals surface area contributed by atoms with Gasteiger partial charge in [-0.1, -0.05) is 140 Å². The molecule has 11 rings (SSSR count). The molecule has 11 aromatic rings. The molecular formula is C53H35NOS. The van der Waals surface area contributed by atoms with Crippen molar-refractivity contribution in [1.82, 2.24) is 0 Å². The smallest absolute Gasteiger partial charge is 0.135 e. The summed E-state index contributed by atoms with van der Waals surface area (Å²) in [5.41, 5.74) is 12.6. The molecule has 9 aromatic carbocycles. The Balaban J connectivity index is 1.03. The fourth-order valence-electron chi connectivity index (χ4n) is 8.39. The van der Waals surface area contributed by atoms with Crippen molar-refractivity contribution in [2.45, 2.75) is 6.54 Å². The predicted octanol–water partition coefficient (Wildman–Crippen LogP) is 15.4. The van der Waals surface area contributed by atoms with Gasteiger partial charge in [0.15, 0.2) is 0 Å². The van der Waals surface area contributed by atoms with Crippen molar-refractivity contribution in [3.05, 3.63) is 206 Å². The molecule has 0 aliphatic rings. The van der Waals surface area contributed by atoms with Gasteiger partial charge in [0.1, 0.15) is 11.2 Å². The Kier molecular flexibility index (Phi) is 7.78. The highest BCUT2D eigenvalue weighted by Crippen LogP contribution is 2.42. The van der Waals surface area contributed by atoms with Crippen LogP contribution < -0.4 is 4.90 Å². The van der Waals surface area contributed by atoms with Gasteiger partial charge in [-0.15, -0.1) is 11.3 Å². The molecule has 0 fully saturated rings. The summed E-state index contributed by atoms with van der Waals surface area (Å²) in [6.45, 7) is 0.685. The lowest BCUT2D eigenvalue weighted by Gasteiger charge is -2.27. The number of hydrogen-bond acceptors (Lipinski definition) is 3. The molecule has 0 saturated heterocycles. The van der Waals surface area contributed by atoms with E-state index < -0.39 is 0 Å². The van der Waals surface area contributed by atoms with E-state index in [2.05, 4.69) is 193 Å². The number of anilines is 2. The van der Waals surface area contributed by atoms with Gasteiger partial charge in [0.05, 0.1) is 0 Å². The first kappa shape index (κ1) is 32.5. The average Bonchev–Trinajstić information content (AvgIpc) is 3.84. The summed E-state index contributed by atoms with van der Waals surface area (Å²) >= 11 is 1.86. The van der Waals surface area contributed by atoms with E-state index in [4.69, 9.17) is 4.42 Å². The molecule has 3 heteroatoms. The summed E-state index contributed by atoms with van der Waals surface area (Å²) in [4.78, 5) is 2.46. The van der Waals surface area contributed by atoms with Gasteiger partial charge in [0, 0.05) is 48.9 Å². The highest BCUT2D eigenvalue weighted by molar-refractivity contribution is 7.25. The Morgan fingerprint density at radius 1 is 0.393 bits per heavy atom. The SMILES string of the molecule is c1cc(-c2cccc3sc4ccccc4c23)cc(N(Cc2ccccc2-c2ccc3oc4ccccc4c3c2)c2ccc(-c3ccc4ccccc4c3)cc2)c1. The second-order valence-corrected chi connectivity index (χ2v) is 15.6. The minimum absolute atomic E-state index is 0.685. The van der Waals surface area contributed by atoms with Crippen LogP contribution in [0.15, 0.2) is 205 Å². The molecule has 0 unspecified atom stereocenters. The molecule has 0 bridgehead atoms. The maximum atomic E-state index is 6.20. The lowest BCUT2D eigenvalue weighted by atomic mass is 9.96. The molecule has 0 N–H and O–H groups in total. The van der Waals surface area contributed by atoms with Crippen LogP contribution in [0.3, 0.4) is 0 Å². The van der Waals surface area contributed by atoms with Crippen LogP contribution in [0.25, 0.3) is 86.3 Å². The van der Waals surface area contributed by atoms with Crippen LogP contribution in [-0.4, -0.2) is 0 Å². The minimum atomic E-state index is 0.685. The normalized spacial score (nSPS) is 11.6. The van der Waals surface area contributed by atoms with E-state index in [-0.39, 0.29) is 0 Å². The van der Waals surface area contributed by atoms with Gasteiger partial charge in [-0.2, -0.15) is 0 Å². The van der Waals surface area contributed by atoms with Gasteiger partial charge in [0.2, 0.25) is 0 Å². The maximum absolute atomic E-state index is 6.20. The molecule has 0 aliphatic heterocycles. The van der Waals surface area contributed by atoms with Crippen LogP contribution in [0, 0.1) is 0 Å². The van der Waals surface area contributed by atoms with Gasteiger partial charge in [-0.05, 0) is 110 Å². The monoisotopic (exact) mass is 733 g/mol. The molecule has 0 atom stereocenters. The van der Waals surface area contributed by atoms with Crippen molar-refractivity contribution < 1.29 is 4.42 Å². The van der Waals surface area contributed by atoms with E-state index in [9.17, 15) is 0 Å². The molecule has 0 aliphatic carbocycles. The van der Waals surface area contributed by atoms with E-state index >= 15 is 0 Å². The molecule has 2 heterocycles. The van der Waals surface area contributed by atoms with Gasteiger partial charge < -0.3 is 9.32 Å². The molecule has 2 nitrogen and oxygen atoms in total. The van der Waals surface area contributed by atoms with Gasteiger partial charge in [-0.3, -0.25) is 0 Å². The summed E-state index contributed by atoms with van der Waals surface area (Å²) < 4.78 is 8.83. The Labute approximate surface area is 329 Å². The quantitative estimate of drug-likeness (QED) is 0.162. The van der Waals surface area contributed by atoms with Crippen LogP contribution in [0.2, 0.25) is 0 Å². The number of furan rings is 1. The maximum Gasteiger partial charge on any atom is 0.135 e. The van der Waals surface area contributed by atoms with Crippen LogP contribution in [0.4, 0.5) is 11.4 Å². The number of fused-ring (bicyclic) bond motifs is 7. The number of rotatable bonds is 7. The van der Waals surface area contributed by atoms with E-state index in [1.54, 1.807) is 0 Å². The van der Waals surface area contributed by atoms with Crippen molar-refractivity contribution in [1.29, 1.82) is 0 Å². The number of thiophene rings is 1. The molecule has 0 radical (unpaired) electrons. The van der Waals surface area contributed by atoms with E-state index in [0.717, 1.165) is 33.3 Å². The highest BCUT2D eigenvalue weighted by atomic mass is 32.1. The Morgan fingerprint density at radius 2 is 1.07 bits per heavy atom. The third-order valence-electron chi connectivity index (χ3n) is 11.2. The fourth-order valence-corrected chi connectivity index (χ4v) is 9.53. The van der Waals surface area contributed by atoms with E-state index in [1.165, 1.54) is 69.9 Å². The molecular weight excluding hydrogens is 699 g/mol. The number of nitrogens with zero attached hydrogens (tertiary/aromatic N) is 1. The first-order valence-electron chi connectivity index (χ1n) is 19.1. The summed E-state index contributed by atoms with van der Waals surface area (Å²) in [6.07, 6.45) is 0. The molecule has 0 amide bonds. The highest BCUT2D eigenvalue weighted by Gasteiger charge is 2.18. The zero-order valence-corrected chi connectivity index (χ0v) is 31.3. The van der Waals surface area contributed by atoms with Crippen LogP contribution >= 0.6 is 11.3 Å². The number of benzene rings is 9. The molecule has 2 aromatic heterocycles. The second kappa shape index (κ2) is 13.4. The van der Waals surface area contributed by atoms with Gasteiger partial charge >= 0.3 is 0 Å². The zero-order valence-electron chi connectivity index (χ0n) is 30.5. The average molecular weight is 734 g/mol. The van der Waals surface area contributed by atoms with Crippen molar-refractivity contribution >= 4 is 75.6 Å². The third kappa shape index (κ3) is 5.64. The first-order valence-corrected chi connectivity index (χ1v) is 19.9. The second-order valence-electron chi connectivity index (χ2n) is 14.5. The molecule has 0 saturated carbocycles. The fraction of sp³-hybridized carbons (Fsp3) is 0.0189. The summed E-state index contributed by atoms with van der Waals surface area (Å²) in [7, 11) is 0. The van der Waals surface area contributed by atoms with E-state index in [0.29, 0.717) is 6.54 Å². The standard InChI is InChI=1S/C53H35NOS/c1-2-12-37-31-38(24-23-35(37)11-1)36-25-28-42(29-26-36)54(43-15-9-14-39(32-43)45-19-10-22-52-53(45)47-18-6-8-21-51(47)56-52)34-41-13-3-4-16-44(41)40-27-30-50-48(33-40)46-17-5-7-20-49(46)55-50/h1-33H,34H2. The van der Waals surface area contributed by atoms with Gasteiger partial charge in [0.25, 0.3) is 0 Å². The number of para-hydroxylation sites is 1. The Hall–Kier alpha value is -6.94. The predicted molar refractivity (Wildman–Crippen MR) is 239 cm³/mol. The van der Waals surface area contributed by atoms with Crippen LogP contribution in [0.1, 0.15) is 5.56 Å². The van der Waals surface area contributed by atoms with Crippen molar-refractivity contribution in [3.8, 4) is 33.4 Å². The van der Waals surface area contributed by atoms with Crippen molar-refractivity contribution in [3.63, 3.8) is 0 Å². The van der Waals surface area contributed by atoms with Crippen LogP contribution in [0.5, 0.6) is 0 Å². The summed E-state index contributed by atoms with van der Waals surface area (Å²) in [6, 6.07) is 72.6. The lowest BCUT2D eigenvalue weighted by Crippen LogP contribution is -2.17. The zero-order chi connectivity index (χ0) is 37.0. The van der Waals surface area contributed by atoms with E-state index in [1.807, 2.05) is 23.5 Å². The Morgan fingerprint density at radius 3 is 2.00 bits per heavy atom. The van der Waals surface area contributed by atoms with Gasteiger partial charge in [-0.25, -0.2) is 0 Å². The largest absolute Gasteiger partial charge is 0.456 e. The molecule has 264 valence electrons. The van der Waals surface area contributed by atoms with Crippen LogP contribution in [-0.2, 0) is 6.54 Å². The summed E-state index contributed by atoms with van der Waals surface area (Å²) in [5, 5.41) is 7.41. The topological polar surface area (TPSA) is 16.4 Å². The minimum Gasteiger partial charge on any atom is -0.456 e. The summed E-state index contributed by atoms with van der Waals surface area (Å²) in [5.74, 6) is 0. The lowest BCUT2D eigenvalue weighted by molar-refractivity contribution is 0.669.